The highest BCUT2D eigenvalue weighted by atomic mass is 32.2. The second-order valence-electron chi connectivity index (χ2n) is 4.31. The van der Waals surface area contributed by atoms with Crippen molar-refractivity contribution in [3.05, 3.63) is 54.1 Å². The Morgan fingerprint density at radius 2 is 1.62 bits per heavy atom. The van der Waals surface area contributed by atoms with Crippen LogP contribution in [0.5, 0.6) is 5.75 Å². The minimum atomic E-state index is -3.65. The Morgan fingerprint density at radius 1 is 1.05 bits per heavy atom. The van der Waals surface area contributed by atoms with E-state index in [1.165, 1.54) is 35.6 Å². The van der Waals surface area contributed by atoms with Crippen molar-refractivity contribution in [1.29, 1.82) is 5.26 Å². The van der Waals surface area contributed by atoms with Crippen LogP contribution in [-0.4, -0.2) is 22.6 Å². The van der Waals surface area contributed by atoms with Crippen molar-refractivity contribution >= 4 is 15.7 Å². The second-order valence-corrected chi connectivity index (χ2v) is 6.28. The summed E-state index contributed by atoms with van der Waals surface area (Å²) < 4.78 is 31.2. The van der Waals surface area contributed by atoms with Crippen LogP contribution < -0.4 is 9.04 Å². The van der Waals surface area contributed by atoms with Crippen LogP contribution in [0, 0.1) is 11.3 Å². The minimum absolute atomic E-state index is 0.139. The first-order valence-corrected chi connectivity index (χ1v) is 7.56. The van der Waals surface area contributed by atoms with Crippen molar-refractivity contribution in [2.24, 2.45) is 0 Å². The summed E-state index contributed by atoms with van der Waals surface area (Å²) in [6.07, 6.45) is 0. The van der Waals surface area contributed by atoms with Gasteiger partial charge in [-0.05, 0) is 48.5 Å². The van der Waals surface area contributed by atoms with Gasteiger partial charge in [-0.15, -0.1) is 0 Å². The number of methoxy groups -OCH3 is 1. The van der Waals surface area contributed by atoms with Crippen molar-refractivity contribution in [3.63, 3.8) is 0 Å². The largest absolute Gasteiger partial charge is 0.497 e. The third-order valence-electron chi connectivity index (χ3n) is 3.08. The van der Waals surface area contributed by atoms with Gasteiger partial charge in [0, 0.05) is 7.05 Å². The molecular formula is C15H14N2O3S. The molecule has 0 atom stereocenters. The summed E-state index contributed by atoms with van der Waals surface area (Å²) in [6, 6.07) is 14.5. The van der Waals surface area contributed by atoms with Crippen LogP contribution in [0.4, 0.5) is 5.69 Å². The van der Waals surface area contributed by atoms with E-state index in [0.29, 0.717) is 17.0 Å². The van der Waals surface area contributed by atoms with Gasteiger partial charge in [0.25, 0.3) is 10.0 Å². The van der Waals surface area contributed by atoms with E-state index in [2.05, 4.69) is 0 Å². The molecule has 21 heavy (non-hydrogen) atoms. The SMILES string of the molecule is COc1ccc(N(C)S(=O)(=O)c2ccc(C#N)cc2)cc1. The van der Waals surface area contributed by atoms with Crippen LogP contribution in [0.2, 0.25) is 0 Å². The Bertz CT molecular complexity index is 760. The van der Waals surface area contributed by atoms with Gasteiger partial charge in [-0.25, -0.2) is 8.42 Å². The molecule has 0 aliphatic rings. The normalized spacial score (nSPS) is 10.7. The fraction of sp³-hybridized carbons (Fsp3) is 0.133. The summed E-state index contributed by atoms with van der Waals surface area (Å²) in [7, 11) is -0.624. The van der Waals surface area contributed by atoms with Gasteiger partial charge in [-0.1, -0.05) is 0 Å². The van der Waals surface area contributed by atoms with Crippen molar-refractivity contribution in [2.45, 2.75) is 4.90 Å². The first-order valence-electron chi connectivity index (χ1n) is 6.12. The van der Waals surface area contributed by atoms with E-state index in [-0.39, 0.29) is 4.90 Å². The summed E-state index contributed by atoms with van der Waals surface area (Å²) in [4.78, 5) is 0.139. The molecule has 0 amide bonds. The maximum Gasteiger partial charge on any atom is 0.264 e. The van der Waals surface area contributed by atoms with Gasteiger partial charge in [0.2, 0.25) is 0 Å². The molecule has 0 spiro atoms. The summed E-state index contributed by atoms with van der Waals surface area (Å²) in [6.45, 7) is 0. The number of ether oxygens (including phenoxy) is 1. The fourth-order valence-corrected chi connectivity index (χ4v) is 2.99. The molecule has 0 N–H and O–H groups in total. The summed E-state index contributed by atoms with van der Waals surface area (Å²) in [5.41, 5.74) is 0.946. The minimum Gasteiger partial charge on any atom is -0.497 e. The number of nitrogens with zero attached hydrogens (tertiary/aromatic N) is 2. The van der Waals surface area contributed by atoms with Gasteiger partial charge in [0.15, 0.2) is 0 Å². The zero-order valence-electron chi connectivity index (χ0n) is 11.6. The van der Waals surface area contributed by atoms with Crippen molar-refractivity contribution in [1.82, 2.24) is 0 Å². The Morgan fingerprint density at radius 3 is 2.10 bits per heavy atom. The maximum absolute atomic E-state index is 12.5. The Hall–Kier alpha value is -2.52. The molecule has 0 saturated carbocycles. The predicted molar refractivity (Wildman–Crippen MR) is 79.7 cm³/mol. The predicted octanol–water partition coefficient (Wildman–Crippen LogP) is 2.39. The fourth-order valence-electron chi connectivity index (χ4n) is 1.79. The van der Waals surface area contributed by atoms with E-state index in [1.54, 1.807) is 31.4 Å². The first-order chi connectivity index (χ1) is 9.98. The number of hydrogen-bond acceptors (Lipinski definition) is 4. The maximum atomic E-state index is 12.5. The molecule has 0 saturated heterocycles. The molecule has 108 valence electrons. The highest BCUT2D eigenvalue weighted by molar-refractivity contribution is 7.92. The molecule has 6 heteroatoms. The quantitative estimate of drug-likeness (QED) is 0.869. The second kappa shape index (κ2) is 5.85. The molecule has 0 bridgehead atoms. The van der Waals surface area contributed by atoms with E-state index in [9.17, 15) is 8.42 Å². The number of rotatable bonds is 4. The first kappa shape index (κ1) is 14.9. The monoisotopic (exact) mass is 302 g/mol. The average molecular weight is 302 g/mol. The zero-order valence-corrected chi connectivity index (χ0v) is 12.5. The molecule has 2 aromatic carbocycles. The van der Waals surface area contributed by atoms with Crippen LogP contribution in [0.25, 0.3) is 0 Å². The van der Waals surface area contributed by atoms with Crippen LogP contribution in [0.15, 0.2) is 53.4 Å². The summed E-state index contributed by atoms with van der Waals surface area (Å²) in [5.74, 6) is 0.655. The lowest BCUT2D eigenvalue weighted by molar-refractivity contribution is 0.415. The lowest BCUT2D eigenvalue weighted by Crippen LogP contribution is -2.26. The van der Waals surface area contributed by atoms with E-state index in [1.807, 2.05) is 6.07 Å². The smallest absolute Gasteiger partial charge is 0.264 e. The van der Waals surface area contributed by atoms with E-state index < -0.39 is 10.0 Å². The molecule has 0 aromatic heterocycles. The Kier molecular flexibility index (Phi) is 4.15. The van der Waals surface area contributed by atoms with Crippen molar-refractivity contribution in [2.75, 3.05) is 18.5 Å². The van der Waals surface area contributed by atoms with Gasteiger partial charge in [0.05, 0.1) is 29.3 Å². The highest BCUT2D eigenvalue weighted by Crippen LogP contribution is 2.24. The molecule has 0 heterocycles. The van der Waals surface area contributed by atoms with Gasteiger partial charge < -0.3 is 4.74 Å². The molecule has 0 radical (unpaired) electrons. The average Bonchev–Trinajstić information content (AvgIpc) is 2.54. The van der Waals surface area contributed by atoms with E-state index in [4.69, 9.17) is 10.00 Å². The van der Waals surface area contributed by atoms with Gasteiger partial charge >= 0.3 is 0 Å². The van der Waals surface area contributed by atoms with Gasteiger partial charge in [-0.2, -0.15) is 5.26 Å². The van der Waals surface area contributed by atoms with Gasteiger partial charge in [0.1, 0.15) is 5.75 Å². The highest BCUT2D eigenvalue weighted by Gasteiger charge is 2.21. The standard InChI is InChI=1S/C15H14N2O3S/c1-17(13-5-7-14(20-2)8-6-13)21(18,19)15-9-3-12(11-16)4-10-15/h3-10H,1-2H3. The van der Waals surface area contributed by atoms with Crippen LogP contribution in [0.3, 0.4) is 0 Å². The lowest BCUT2D eigenvalue weighted by Gasteiger charge is -2.19. The number of hydrogen-bond donors (Lipinski definition) is 0. The lowest BCUT2D eigenvalue weighted by atomic mass is 10.2. The summed E-state index contributed by atoms with van der Waals surface area (Å²) in [5, 5.41) is 8.75. The number of benzene rings is 2. The molecule has 0 fully saturated rings. The Labute approximate surface area is 124 Å². The van der Waals surface area contributed by atoms with E-state index >= 15 is 0 Å². The van der Waals surface area contributed by atoms with Gasteiger partial charge in [-0.3, -0.25) is 4.31 Å². The van der Waals surface area contributed by atoms with E-state index in [0.717, 1.165) is 0 Å². The van der Waals surface area contributed by atoms with Crippen molar-refractivity contribution in [3.8, 4) is 11.8 Å². The molecule has 2 rings (SSSR count). The zero-order chi connectivity index (χ0) is 15.5. The molecule has 2 aromatic rings. The molecule has 0 aliphatic heterocycles. The van der Waals surface area contributed by atoms with Crippen LogP contribution >= 0.6 is 0 Å². The van der Waals surface area contributed by atoms with Crippen LogP contribution in [-0.2, 0) is 10.0 Å². The van der Waals surface area contributed by atoms with Crippen LogP contribution in [0.1, 0.15) is 5.56 Å². The molecule has 0 unspecified atom stereocenters. The molecule has 0 aliphatic carbocycles. The number of anilines is 1. The number of sulfonamides is 1. The third-order valence-corrected chi connectivity index (χ3v) is 4.88. The Balaban J connectivity index is 2.34. The number of nitriles is 1. The van der Waals surface area contributed by atoms with Crippen molar-refractivity contribution < 1.29 is 13.2 Å². The summed E-state index contributed by atoms with van der Waals surface area (Å²) >= 11 is 0. The molecule has 5 nitrogen and oxygen atoms in total. The molecular weight excluding hydrogens is 288 g/mol. The third kappa shape index (κ3) is 2.98. The topological polar surface area (TPSA) is 70.4 Å².